The molecule has 0 saturated heterocycles. The second kappa shape index (κ2) is 8.26. The summed E-state index contributed by atoms with van der Waals surface area (Å²) >= 11 is 0. The van der Waals surface area contributed by atoms with Crippen molar-refractivity contribution in [1.29, 1.82) is 0 Å². The molecule has 5 heteroatoms. The van der Waals surface area contributed by atoms with Gasteiger partial charge in [-0.05, 0) is 72.0 Å². The number of nitrogens with one attached hydrogen (secondary N) is 2. The second-order valence-electron chi connectivity index (χ2n) is 8.80. The van der Waals surface area contributed by atoms with Gasteiger partial charge in [-0.3, -0.25) is 4.79 Å². The summed E-state index contributed by atoms with van der Waals surface area (Å²) < 4.78 is 5.69. The van der Waals surface area contributed by atoms with Gasteiger partial charge >= 0.3 is 0 Å². The van der Waals surface area contributed by atoms with Crippen LogP contribution in [0.1, 0.15) is 31.9 Å². The van der Waals surface area contributed by atoms with E-state index >= 15 is 0 Å². The fourth-order valence-electron chi connectivity index (χ4n) is 3.37. The van der Waals surface area contributed by atoms with Crippen molar-refractivity contribution in [2.45, 2.75) is 33.1 Å². The third-order valence-corrected chi connectivity index (χ3v) is 5.15. The molecule has 0 saturated carbocycles. The van der Waals surface area contributed by atoms with Gasteiger partial charge in [-0.1, -0.05) is 39.0 Å². The molecule has 4 aromatic rings. The molecule has 1 amide bonds. The Balaban J connectivity index is 1.38. The monoisotopic (exact) mass is 413 g/mol. The number of hydrogen-bond acceptors (Lipinski definition) is 3. The molecule has 0 atom stereocenters. The first-order chi connectivity index (χ1) is 14.8. The lowest BCUT2D eigenvalue weighted by Gasteiger charge is -2.19. The molecule has 1 heterocycles. The summed E-state index contributed by atoms with van der Waals surface area (Å²) in [5.74, 6) is 1.30. The van der Waals surface area contributed by atoms with Crippen molar-refractivity contribution in [2.75, 3.05) is 11.9 Å². The van der Waals surface area contributed by atoms with E-state index in [1.165, 1.54) is 11.1 Å². The minimum Gasteiger partial charge on any atom is -0.484 e. The number of imidazole rings is 1. The SMILES string of the molecule is Cc1ccc2nc(-c3ccc(NC(=O)COc4cccc(C(C)(C)C)c4)cc3)[nH]c2c1. The van der Waals surface area contributed by atoms with E-state index in [2.05, 4.69) is 55.1 Å². The number of benzene rings is 3. The van der Waals surface area contributed by atoms with Gasteiger partial charge in [-0.15, -0.1) is 0 Å². The number of rotatable bonds is 5. The number of hydrogen-bond donors (Lipinski definition) is 2. The number of H-pyrrole nitrogens is 1. The number of carbonyl (C=O) groups excluding carboxylic acids is 1. The van der Waals surface area contributed by atoms with Crippen LogP contribution in [-0.4, -0.2) is 22.5 Å². The van der Waals surface area contributed by atoms with Crippen LogP contribution in [0.2, 0.25) is 0 Å². The van der Waals surface area contributed by atoms with Gasteiger partial charge in [0.2, 0.25) is 0 Å². The van der Waals surface area contributed by atoms with Gasteiger partial charge in [0, 0.05) is 11.3 Å². The molecule has 0 aliphatic rings. The summed E-state index contributed by atoms with van der Waals surface area (Å²) in [5, 5.41) is 2.88. The zero-order valence-corrected chi connectivity index (χ0v) is 18.3. The molecule has 0 fully saturated rings. The second-order valence-corrected chi connectivity index (χ2v) is 8.80. The molecular weight excluding hydrogens is 386 g/mol. The largest absolute Gasteiger partial charge is 0.484 e. The first kappa shape index (κ1) is 20.7. The van der Waals surface area contributed by atoms with Crippen LogP contribution in [0.4, 0.5) is 5.69 Å². The van der Waals surface area contributed by atoms with Gasteiger partial charge in [0.25, 0.3) is 5.91 Å². The third kappa shape index (κ3) is 4.94. The van der Waals surface area contributed by atoms with E-state index in [-0.39, 0.29) is 17.9 Å². The maximum atomic E-state index is 12.3. The molecule has 0 unspecified atom stereocenters. The Labute approximate surface area is 182 Å². The molecule has 4 rings (SSSR count). The summed E-state index contributed by atoms with van der Waals surface area (Å²) in [5.41, 5.74) is 6.01. The van der Waals surface area contributed by atoms with Crippen molar-refractivity contribution in [2.24, 2.45) is 0 Å². The number of aromatic nitrogens is 2. The van der Waals surface area contributed by atoms with E-state index < -0.39 is 0 Å². The van der Waals surface area contributed by atoms with E-state index in [0.717, 1.165) is 22.4 Å². The molecule has 1 aromatic heterocycles. The zero-order valence-electron chi connectivity index (χ0n) is 18.3. The Morgan fingerprint density at radius 1 is 1.03 bits per heavy atom. The topological polar surface area (TPSA) is 67.0 Å². The average Bonchev–Trinajstić information content (AvgIpc) is 3.15. The maximum absolute atomic E-state index is 12.3. The number of fused-ring (bicyclic) bond motifs is 1. The molecule has 0 bridgehead atoms. The molecule has 3 aromatic carbocycles. The number of anilines is 1. The highest BCUT2D eigenvalue weighted by Crippen LogP contribution is 2.26. The van der Waals surface area contributed by atoms with Crippen molar-refractivity contribution >= 4 is 22.6 Å². The van der Waals surface area contributed by atoms with Crippen LogP contribution in [0.25, 0.3) is 22.4 Å². The highest BCUT2D eigenvalue weighted by atomic mass is 16.5. The van der Waals surface area contributed by atoms with E-state index in [1.807, 2.05) is 54.6 Å². The van der Waals surface area contributed by atoms with Gasteiger partial charge in [-0.25, -0.2) is 4.98 Å². The Morgan fingerprint density at radius 2 is 1.81 bits per heavy atom. The number of nitrogens with zero attached hydrogens (tertiary/aromatic N) is 1. The maximum Gasteiger partial charge on any atom is 0.262 e. The lowest BCUT2D eigenvalue weighted by molar-refractivity contribution is -0.118. The van der Waals surface area contributed by atoms with Gasteiger partial charge in [-0.2, -0.15) is 0 Å². The Bertz CT molecular complexity index is 1220. The van der Waals surface area contributed by atoms with Crippen LogP contribution in [0.5, 0.6) is 5.75 Å². The summed E-state index contributed by atoms with van der Waals surface area (Å²) in [7, 11) is 0. The minimum absolute atomic E-state index is 0.0298. The zero-order chi connectivity index (χ0) is 22.0. The van der Waals surface area contributed by atoms with Crippen LogP contribution in [0, 0.1) is 6.92 Å². The molecule has 2 N–H and O–H groups in total. The number of aromatic amines is 1. The number of aryl methyl sites for hydroxylation is 1. The third-order valence-electron chi connectivity index (χ3n) is 5.15. The standard InChI is InChI=1S/C26H27N3O2/c1-17-8-13-22-23(14-17)29-25(28-22)18-9-11-20(12-10-18)27-24(30)16-31-21-7-5-6-19(15-21)26(2,3)4/h5-15H,16H2,1-4H3,(H,27,30)(H,28,29). The Kier molecular flexibility index (Phi) is 5.51. The molecule has 158 valence electrons. The van der Waals surface area contributed by atoms with Crippen molar-refractivity contribution in [3.8, 4) is 17.1 Å². The minimum atomic E-state index is -0.201. The van der Waals surface area contributed by atoms with E-state index in [0.29, 0.717) is 11.4 Å². The van der Waals surface area contributed by atoms with Crippen LogP contribution < -0.4 is 10.1 Å². The van der Waals surface area contributed by atoms with Crippen molar-refractivity contribution in [3.63, 3.8) is 0 Å². The van der Waals surface area contributed by atoms with Crippen molar-refractivity contribution < 1.29 is 9.53 Å². The molecule has 5 nitrogen and oxygen atoms in total. The van der Waals surface area contributed by atoms with E-state index in [4.69, 9.17) is 4.74 Å². The highest BCUT2D eigenvalue weighted by Gasteiger charge is 2.14. The number of amides is 1. The van der Waals surface area contributed by atoms with E-state index in [1.54, 1.807) is 0 Å². The van der Waals surface area contributed by atoms with Gasteiger partial charge in [0.05, 0.1) is 11.0 Å². The first-order valence-corrected chi connectivity index (χ1v) is 10.4. The smallest absolute Gasteiger partial charge is 0.262 e. The molecule has 0 spiro atoms. The molecular formula is C26H27N3O2. The van der Waals surface area contributed by atoms with Crippen molar-refractivity contribution in [3.05, 3.63) is 77.9 Å². The normalized spacial score (nSPS) is 11.5. The van der Waals surface area contributed by atoms with Crippen molar-refractivity contribution in [1.82, 2.24) is 9.97 Å². The summed E-state index contributed by atoms with van der Waals surface area (Å²) in [6.45, 7) is 8.46. The van der Waals surface area contributed by atoms with Crippen LogP contribution in [-0.2, 0) is 10.2 Å². The molecule has 0 aliphatic carbocycles. The Morgan fingerprint density at radius 3 is 2.55 bits per heavy atom. The number of ether oxygens (including phenoxy) is 1. The van der Waals surface area contributed by atoms with Gasteiger partial charge in [0.15, 0.2) is 6.61 Å². The lowest BCUT2D eigenvalue weighted by Crippen LogP contribution is -2.20. The quantitative estimate of drug-likeness (QED) is 0.431. The average molecular weight is 414 g/mol. The summed E-state index contributed by atoms with van der Waals surface area (Å²) in [4.78, 5) is 20.3. The van der Waals surface area contributed by atoms with Crippen LogP contribution in [0.15, 0.2) is 66.7 Å². The van der Waals surface area contributed by atoms with E-state index in [9.17, 15) is 4.79 Å². The fraction of sp³-hybridized carbons (Fsp3) is 0.231. The first-order valence-electron chi connectivity index (χ1n) is 10.4. The van der Waals surface area contributed by atoms with Crippen LogP contribution in [0.3, 0.4) is 0 Å². The fourth-order valence-corrected chi connectivity index (χ4v) is 3.37. The highest BCUT2D eigenvalue weighted by molar-refractivity contribution is 5.92. The lowest BCUT2D eigenvalue weighted by atomic mass is 9.87. The van der Waals surface area contributed by atoms with Crippen LogP contribution >= 0.6 is 0 Å². The van der Waals surface area contributed by atoms with Gasteiger partial charge < -0.3 is 15.0 Å². The summed E-state index contributed by atoms with van der Waals surface area (Å²) in [6.07, 6.45) is 0. The predicted octanol–water partition coefficient (Wildman–Crippen LogP) is 5.85. The predicted molar refractivity (Wildman–Crippen MR) is 126 cm³/mol. The summed E-state index contributed by atoms with van der Waals surface area (Å²) in [6, 6.07) is 21.6. The molecule has 31 heavy (non-hydrogen) atoms. The molecule has 0 radical (unpaired) electrons. The molecule has 0 aliphatic heterocycles. The van der Waals surface area contributed by atoms with Gasteiger partial charge in [0.1, 0.15) is 11.6 Å². The number of carbonyl (C=O) groups is 1. The Hall–Kier alpha value is -3.60.